The number of carboxylic acid groups (broad SMARTS) is 1. The van der Waals surface area contributed by atoms with E-state index in [1.54, 1.807) is 7.11 Å². The zero-order valence-electron chi connectivity index (χ0n) is 10.3. The summed E-state index contributed by atoms with van der Waals surface area (Å²) in [5, 5.41) is 9.01. The predicted molar refractivity (Wildman–Crippen MR) is 65.4 cm³/mol. The minimum absolute atomic E-state index is 0.141. The van der Waals surface area contributed by atoms with Gasteiger partial charge in [0, 0.05) is 0 Å². The van der Waals surface area contributed by atoms with Crippen molar-refractivity contribution in [3.8, 4) is 5.75 Å². The SMILES string of the molecule is COc1ccc(C)c(C(CC(=O)O)C2CC2)c1. The van der Waals surface area contributed by atoms with Crippen LogP contribution in [-0.4, -0.2) is 18.2 Å². The molecule has 3 heteroatoms. The van der Waals surface area contributed by atoms with Crippen molar-refractivity contribution in [2.24, 2.45) is 5.92 Å². The molecule has 2 rings (SSSR count). The van der Waals surface area contributed by atoms with Crippen LogP contribution in [0.15, 0.2) is 18.2 Å². The van der Waals surface area contributed by atoms with Gasteiger partial charge in [0.1, 0.15) is 5.75 Å². The Hall–Kier alpha value is -1.51. The number of carbonyl (C=O) groups is 1. The lowest BCUT2D eigenvalue weighted by atomic mass is 9.88. The summed E-state index contributed by atoms with van der Waals surface area (Å²) < 4.78 is 5.22. The molecule has 3 nitrogen and oxygen atoms in total. The van der Waals surface area contributed by atoms with Crippen molar-refractivity contribution >= 4 is 5.97 Å². The van der Waals surface area contributed by atoms with Gasteiger partial charge in [0.2, 0.25) is 0 Å². The maximum absolute atomic E-state index is 10.9. The van der Waals surface area contributed by atoms with Crippen molar-refractivity contribution in [1.82, 2.24) is 0 Å². The molecule has 1 atom stereocenters. The van der Waals surface area contributed by atoms with E-state index in [9.17, 15) is 4.79 Å². The molecule has 1 aliphatic rings. The zero-order chi connectivity index (χ0) is 12.4. The Morgan fingerprint density at radius 1 is 1.53 bits per heavy atom. The van der Waals surface area contributed by atoms with Gasteiger partial charge in [0.05, 0.1) is 13.5 Å². The van der Waals surface area contributed by atoms with E-state index < -0.39 is 5.97 Å². The van der Waals surface area contributed by atoms with Crippen LogP contribution in [0, 0.1) is 12.8 Å². The summed E-state index contributed by atoms with van der Waals surface area (Å²) in [7, 11) is 1.64. The largest absolute Gasteiger partial charge is 0.497 e. The molecule has 1 N–H and O–H groups in total. The molecule has 92 valence electrons. The highest BCUT2D eigenvalue weighted by Gasteiger charge is 2.34. The number of aliphatic carboxylic acids is 1. The maximum Gasteiger partial charge on any atom is 0.303 e. The fraction of sp³-hybridized carbons (Fsp3) is 0.500. The predicted octanol–water partition coefficient (Wildman–Crippen LogP) is 2.97. The van der Waals surface area contributed by atoms with E-state index in [0.29, 0.717) is 5.92 Å². The van der Waals surface area contributed by atoms with Gasteiger partial charge in [-0.15, -0.1) is 0 Å². The van der Waals surface area contributed by atoms with Crippen molar-refractivity contribution < 1.29 is 14.6 Å². The Labute approximate surface area is 101 Å². The molecule has 0 radical (unpaired) electrons. The summed E-state index contributed by atoms with van der Waals surface area (Å²) in [6.07, 6.45) is 2.52. The first-order valence-electron chi connectivity index (χ1n) is 5.98. The highest BCUT2D eigenvalue weighted by molar-refractivity contribution is 5.68. The van der Waals surface area contributed by atoms with Gasteiger partial charge in [-0.1, -0.05) is 6.07 Å². The Balaban J connectivity index is 2.30. The first-order valence-corrected chi connectivity index (χ1v) is 5.98. The average molecular weight is 234 g/mol. The topological polar surface area (TPSA) is 46.5 Å². The highest BCUT2D eigenvalue weighted by atomic mass is 16.5. The van der Waals surface area contributed by atoms with Gasteiger partial charge in [0.15, 0.2) is 0 Å². The number of ether oxygens (including phenoxy) is 1. The van der Waals surface area contributed by atoms with Crippen LogP contribution in [0.2, 0.25) is 0 Å². The molecule has 0 spiro atoms. The second-order valence-electron chi connectivity index (χ2n) is 4.76. The van der Waals surface area contributed by atoms with Crippen LogP contribution in [0.25, 0.3) is 0 Å². The second kappa shape index (κ2) is 4.78. The van der Waals surface area contributed by atoms with Crippen LogP contribution in [0.3, 0.4) is 0 Å². The molecular formula is C14H18O3. The van der Waals surface area contributed by atoms with Crippen LogP contribution >= 0.6 is 0 Å². The molecule has 17 heavy (non-hydrogen) atoms. The Morgan fingerprint density at radius 2 is 2.24 bits per heavy atom. The summed E-state index contributed by atoms with van der Waals surface area (Å²) >= 11 is 0. The molecular weight excluding hydrogens is 216 g/mol. The van der Waals surface area contributed by atoms with Crippen LogP contribution in [-0.2, 0) is 4.79 Å². The quantitative estimate of drug-likeness (QED) is 0.852. The molecule has 0 amide bonds. The van der Waals surface area contributed by atoms with E-state index in [2.05, 4.69) is 0 Å². The molecule has 1 aromatic rings. The molecule has 1 fully saturated rings. The number of carboxylic acids is 1. The minimum Gasteiger partial charge on any atom is -0.497 e. The summed E-state index contributed by atoms with van der Waals surface area (Å²) in [4.78, 5) is 10.9. The van der Waals surface area contributed by atoms with Crippen molar-refractivity contribution in [3.05, 3.63) is 29.3 Å². The average Bonchev–Trinajstić information content (AvgIpc) is 3.10. The molecule has 0 aliphatic heterocycles. The smallest absolute Gasteiger partial charge is 0.303 e. The fourth-order valence-corrected chi connectivity index (χ4v) is 2.36. The minimum atomic E-state index is -0.718. The molecule has 1 unspecified atom stereocenters. The third-order valence-corrected chi connectivity index (χ3v) is 3.47. The van der Waals surface area contributed by atoms with Gasteiger partial charge in [-0.25, -0.2) is 0 Å². The molecule has 0 bridgehead atoms. The summed E-state index contributed by atoms with van der Waals surface area (Å²) in [6, 6.07) is 5.91. The standard InChI is InChI=1S/C14H18O3/c1-9-3-6-11(17-2)7-12(9)13(8-14(15)16)10-4-5-10/h3,6-7,10,13H,4-5,8H2,1-2H3,(H,15,16). The van der Waals surface area contributed by atoms with Gasteiger partial charge in [-0.05, 0) is 54.9 Å². The maximum atomic E-state index is 10.9. The monoisotopic (exact) mass is 234 g/mol. The third kappa shape index (κ3) is 2.78. The number of hydrogen-bond acceptors (Lipinski definition) is 2. The van der Waals surface area contributed by atoms with Gasteiger partial charge < -0.3 is 9.84 Å². The van der Waals surface area contributed by atoms with Crippen molar-refractivity contribution in [2.45, 2.75) is 32.1 Å². The molecule has 1 aromatic carbocycles. The number of hydrogen-bond donors (Lipinski definition) is 1. The normalized spacial score (nSPS) is 16.6. The number of benzene rings is 1. The van der Waals surface area contributed by atoms with Crippen LogP contribution in [0.5, 0.6) is 5.75 Å². The van der Waals surface area contributed by atoms with Gasteiger partial charge in [-0.2, -0.15) is 0 Å². The Kier molecular flexibility index (Phi) is 3.36. The molecule has 1 saturated carbocycles. The summed E-state index contributed by atoms with van der Waals surface area (Å²) in [6.45, 7) is 2.03. The van der Waals surface area contributed by atoms with E-state index in [1.165, 1.54) is 0 Å². The first-order chi connectivity index (χ1) is 8.11. The first kappa shape index (κ1) is 12.0. The lowest BCUT2D eigenvalue weighted by Crippen LogP contribution is -2.10. The lowest BCUT2D eigenvalue weighted by Gasteiger charge is -2.18. The summed E-state index contributed by atoms with van der Waals surface area (Å²) in [5.74, 6) is 0.769. The van der Waals surface area contributed by atoms with Crippen molar-refractivity contribution in [2.75, 3.05) is 7.11 Å². The van der Waals surface area contributed by atoms with Crippen LogP contribution in [0.1, 0.15) is 36.3 Å². The molecule has 0 heterocycles. The van der Waals surface area contributed by atoms with E-state index in [-0.39, 0.29) is 12.3 Å². The van der Waals surface area contributed by atoms with Gasteiger partial charge in [0.25, 0.3) is 0 Å². The molecule has 1 aliphatic carbocycles. The van der Waals surface area contributed by atoms with Crippen LogP contribution < -0.4 is 4.74 Å². The van der Waals surface area contributed by atoms with Gasteiger partial charge >= 0.3 is 5.97 Å². The second-order valence-corrected chi connectivity index (χ2v) is 4.76. The lowest BCUT2D eigenvalue weighted by molar-refractivity contribution is -0.137. The number of rotatable bonds is 5. The fourth-order valence-electron chi connectivity index (χ4n) is 2.36. The highest BCUT2D eigenvalue weighted by Crippen LogP contribution is 2.45. The van der Waals surface area contributed by atoms with E-state index in [4.69, 9.17) is 9.84 Å². The van der Waals surface area contributed by atoms with E-state index in [0.717, 1.165) is 29.7 Å². The van der Waals surface area contributed by atoms with E-state index >= 15 is 0 Å². The van der Waals surface area contributed by atoms with Crippen molar-refractivity contribution in [1.29, 1.82) is 0 Å². The third-order valence-electron chi connectivity index (χ3n) is 3.47. The van der Waals surface area contributed by atoms with Gasteiger partial charge in [-0.3, -0.25) is 4.79 Å². The number of aryl methyl sites for hydroxylation is 1. The van der Waals surface area contributed by atoms with E-state index in [1.807, 2.05) is 25.1 Å². The van der Waals surface area contributed by atoms with Crippen LogP contribution in [0.4, 0.5) is 0 Å². The Morgan fingerprint density at radius 3 is 2.76 bits per heavy atom. The molecule has 0 aromatic heterocycles. The zero-order valence-corrected chi connectivity index (χ0v) is 10.3. The van der Waals surface area contributed by atoms with Crippen molar-refractivity contribution in [3.63, 3.8) is 0 Å². The molecule has 0 saturated heterocycles. The summed E-state index contributed by atoms with van der Waals surface area (Å²) in [5.41, 5.74) is 2.29. The Bertz CT molecular complexity index is 421. The number of methoxy groups -OCH3 is 1.